The van der Waals surface area contributed by atoms with Crippen molar-refractivity contribution in [1.29, 1.82) is 0 Å². The molecule has 2 aromatic rings. The van der Waals surface area contributed by atoms with E-state index < -0.39 is 0 Å². The Balaban J connectivity index is 2.42. The quantitative estimate of drug-likeness (QED) is 0.922. The average molecular weight is 263 g/mol. The van der Waals surface area contributed by atoms with Crippen molar-refractivity contribution in [3.8, 4) is 11.3 Å². The molecule has 0 spiro atoms. The van der Waals surface area contributed by atoms with Gasteiger partial charge in [0, 0.05) is 25.2 Å². The first-order valence-corrected chi connectivity index (χ1v) is 6.83. The predicted molar refractivity (Wildman–Crippen MR) is 76.2 cm³/mol. The smallest absolute Gasteiger partial charge is 0.260 e. The number of aromatic nitrogens is 2. The van der Waals surface area contributed by atoms with Gasteiger partial charge in [0.15, 0.2) is 5.13 Å². The Hall–Kier alpha value is -1.62. The summed E-state index contributed by atoms with van der Waals surface area (Å²) in [6.45, 7) is 4.93. The summed E-state index contributed by atoms with van der Waals surface area (Å²) in [7, 11) is 1.82. The zero-order valence-corrected chi connectivity index (χ0v) is 11.6. The van der Waals surface area contributed by atoms with Gasteiger partial charge in [0.25, 0.3) is 5.56 Å². The zero-order valence-electron chi connectivity index (χ0n) is 10.8. The first kappa shape index (κ1) is 12.8. The van der Waals surface area contributed by atoms with E-state index in [4.69, 9.17) is 0 Å². The highest BCUT2D eigenvalue weighted by Crippen LogP contribution is 2.21. The van der Waals surface area contributed by atoms with Crippen LogP contribution in [0.5, 0.6) is 0 Å². The first-order valence-electron chi connectivity index (χ1n) is 5.95. The maximum Gasteiger partial charge on any atom is 0.260 e. The summed E-state index contributed by atoms with van der Waals surface area (Å²) in [6, 6.07) is 3.73. The minimum atomic E-state index is 0.0270. The van der Waals surface area contributed by atoms with Gasteiger partial charge in [-0.1, -0.05) is 13.8 Å². The van der Waals surface area contributed by atoms with Crippen molar-refractivity contribution in [3.05, 3.63) is 34.1 Å². The van der Waals surface area contributed by atoms with Crippen LogP contribution in [0.3, 0.4) is 0 Å². The largest absolute Gasteiger partial charge is 0.365 e. The molecule has 0 fully saturated rings. The minimum Gasteiger partial charge on any atom is -0.365 e. The summed E-state index contributed by atoms with van der Waals surface area (Å²) in [5.41, 5.74) is 1.43. The number of hydrogen-bond donors (Lipinski definition) is 1. The molecule has 18 heavy (non-hydrogen) atoms. The number of pyridine rings is 1. The SMILES string of the molecule is CNc1nc(-c2cccn(CC(C)C)c2=O)cs1. The molecule has 2 rings (SSSR count). The highest BCUT2D eigenvalue weighted by molar-refractivity contribution is 7.14. The van der Waals surface area contributed by atoms with E-state index in [9.17, 15) is 4.79 Å². The van der Waals surface area contributed by atoms with Gasteiger partial charge in [-0.3, -0.25) is 4.79 Å². The van der Waals surface area contributed by atoms with E-state index in [0.717, 1.165) is 17.4 Å². The Morgan fingerprint density at radius 3 is 2.89 bits per heavy atom. The Morgan fingerprint density at radius 2 is 2.28 bits per heavy atom. The van der Waals surface area contributed by atoms with Crippen LogP contribution in [0.2, 0.25) is 0 Å². The molecular formula is C13H17N3OS. The van der Waals surface area contributed by atoms with Crippen LogP contribution in [0, 0.1) is 5.92 Å². The summed E-state index contributed by atoms with van der Waals surface area (Å²) in [4.78, 5) is 16.7. The molecule has 0 aliphatic rings. The Morgan fingerprint density at radius 1 is 1.50 bits per heavy atom. The van der Waals surface area contributed by atoms with Crippen molar-refractivity contribution in [2.75, 3.05) is 12.4 Å². The third kappa shape index (κ3) is 2.61. The normalized spacial score (nSPS) is 10.9. The van der Waals surface area contributed by atoms with Crippen LogP contribution in [0.25, 0.3) is 11.3 Å². The molecule has 0 amide bonds. The van der Waals surface area contributed by atoms with Crippen LogP contribution < -0.4 is 10.9 Å². The fourth-order valence-electron chi connectivity index (χ4n) is 1.78. The molecule has 0 saturated carbocycles. The lowest BCUT2D eigenvalue weighted by atomic mass is 10.2. The molecule has 5 heteroatoms. The summed E-state index contributed by atoms with van der Waals surface area (Å²) < 4.78 is 1.75. The zero-order chi connectivity index (χ0) is 13.1. The first-order chi connectivity index (χ1) is 8.61. The summed E-state index contributed by atoms with van der Waals surface area (Å²) in [6.07, 6.45) is 1.83. The standard InChI is InChI=1S/C13H17N3OS/c1-9(2)7-16-6-4-5-10(12(16)17)11-8-18-13(14-3)15-11/h4-6,8-9H,7H2,1-3H3,(H,14,15). The molecule has 2 heterocycles. The molecule has 0 aliphatic carbocycles. The minimum absolute atomic E-state index is 0.0270. The van der Waals surface area contributed by atoms with Crippen LogP contribution in [0.15, 0.2) is 28.5 Å². The van der Waals surface area contributed by atoms with Crippen molar-refractivity contribution < 1.29 is 0 Å². The molecule has 0 bridgehead atoms. The van der Waals surface area contributed by atoms with E-state index in [2.05, 4.69) is 24.1 Å². The topological polar surface area (TPSA) is 46.9 Å². The van der Waals surface area contributed by atoms with E-state index >= 15 is 0 Å². The summed E-state index contributed by atoms with van der Waals surface area (Å²) in [5, 5.41) is 5.71. The highest BCUT2D eigenvalue weighted by atomic mass is 32.1. The Labute approximate surface area is 110 Å². The second kappa shape index (κ2) is 5.35. The fourth-order valence-corrected chi connectivity index (χ4v) is 2.45. The van der Waals surface area contributed by atoms with Crippen LogP contribution in [-0.4, -0.2) is 16.6 Å². The number of hydrogen-bond acceptors (Lipinski definition) is 4. The van der Waals surface area contributed by atoms with Gasteiger partial charge in [-0.25, -0.2) is 4.98 Å². The van der Waals surface area contributed by atoms with E-state index in [1.165, 1.54) is 11.3 Å². The monoisotopic (exact) mass is 263 g/mol. The molecule has 4 nitrogen and oxygen atoms in total. The van der Waals surface area contributed by atoms with Gasteiger partial charge in [0.2, 0.25) is 0 Å². The summed E-state index contributed by atoms with van der Waals surface area (Å²) >= 11 is 1.50. The molecule has 0 unspecified atom stereocenters. The van der Waals surface area contributed by atoms with Crippen LogP contribution >= 0.6 is 11.3 Å². The Bertz CT molecular complexity index is 586. The molecule has 0 atom stereocenters. The molecule has 0 aromatic carbocycles. The number of anilines is 1. The number of thiazole rings is 1. The van der Waals surface area contributed by atoms with Crippen molar-refractivity contribution in [3.63, 3.8) is 0 Å². The maximum atomic E-state index is 12.3. The van der Waals surface area contributed by atoms with Gasteiger partial charge < -0.3 is 9.88 Å². The summed E-state index contributed by atoms with van der Waals surface area (Å²) in [5.74, 6) is 0.446. The van der Waals surface area contributed by atoms with E-state index in [0.29, 0.717) is 11.5 Å². The highest BCUT2D eigenvalue weighted by Gasteiger charge is 2.10. The van der Waals surface area contributed by atoms with E-state index in [1.807, 2.05) is 30.8 Å². The predicted octanol–water partition coefficient (Wildman–Crippen LogP) is 2.67. The second-order valence-corrected chi connectivity index (χ2v) is 5.42. The van der Waals surface area contributed by atoms with Gasteiger partial charge in [0.1, 0.15) is 0 Å². The van der Waals surface area contributed by atoms with Gasteiger partial charge in [-0.15, -0.1) is 11.3 Å². The van der Waals surface area contributed by atoms with Gasteiger partial charge in [0.05, 0.1) is 11.3 Å². The molecular weight excluding hydrogens is 246 g/mol. The van der Waals surface area contributed by atoms with Gasteiger partial charge in [-0.2, -0.15) is 0 Å². The number of rotatable bonds is 4. The molecule has 0 saturated heterocycles. The van der Waals surface area contributed by atoms with Crippen LogP contribution in [0.1, 0.15) is 13.8 Å². The van der Waals surface area contributed by atoms with E-state index in [-0.39, 0.29) is 5.56 Å². The number of nitrogens with zero attached hydrogens (tertiary/aromatic N) is 2. The van der Waals surface area contributed by atoms with Crippen molar-refractivity contribution in [2.45, 2.75) is 20.4 Å². The van der Waals surface area contributed by atoms with Crippen molar-refractivity contribution in [2.24, 2.45) is 5.92 Å². The molecule has 0 radical (unpaired) electrons. The lowest BCUT2D eigenvalue weighted by Gasteiger charge is -2.09. The third-order valence-electron chi connectivity index (χ3n) is 2.58. The van der Waals surface area contributed by atoms with E-state index in [1.54, 1.807) is 4.57 Å². The lowest BCUT2D eigenvalue weighted by molar-refractivity contribution is 0.511. The lowest BCUT2D eigenvalue weighted by Crippen LogP contribution is -2.23. The number of nitrogens with one attached hydrogen (secondary N) is 1. The van der Waals surface area contributed by atoms with Crippen LogP contribution in [0.4, 0.5) is 5.13 Å². The second-order valence-electron chi connectivity index (χ2n) is 4.56. The third-order valence-corrected chi connectivity index (χ3v) is 3.44. The molecule has 1 N–H and O–H groups in total. The average Bonchev–Trinajstić information content (AvgIpc) is 2.80. The molecule has 2 aromatic heterocycles. The van der Waals surface area contributed by atoms with Crippen LogP contribution in [-0.2, 0) is 6.54 Å². The molecule has 96 valence electrons. The fraction of sp³-hybridized carbons (Fsp3) is 0.385. The van der Waals surface area contributed by atoms with Crippen molar-refractivity contribution in [1.82, 2.24) is 9.55 Å². The Kier molecular flexibility index (Phi) is 3.81. The molecule has 0 aliphatic heterocycles. The maximum absolute atomic E-state index is 12.3. The van der Waals surface area contributed by atoms with Crippen molar-refractivity contribution >= 4 is 16.5 Å². The van der Waals surface area contributed by atoms with Gasteiger partial charge in [-0.05, 0) is 18.1 Å². The van der Waals surface area contributed by atoms with Gasteiger partial charge >= 0.3 is 0 Å².